The van der Waals surface area contributed by atoms with Crippen LogP contribution in [0.5, 0.6) is 0 Å². The smallest absolute Gasteiger partial charge is 0.326 e. The van der Waals surface area contributed by atoms with Crippen molar-refractivity contribution in [1.29, 1.82) is 0 Å². The number of carbonyl (C=O) groups is 3. The van der Waals surface area contributed by atoms with Crippen molar-refractivity contribution in [3.05, 3.63) is 34.9 Å². The minimum atomic E-state index is -1.12. The summed E-state index contributed by atoms with van der Waals surface area (Å²) in [4.78, 5) is 34.3. The minimum Gasteiger partial charge on any atom is -0.480 e. The predicted molar refractivity (Wildman–Crippen MR) is 75.9 cm³/mol. The van der Waals surface area contributed by atoms with Gasteiger partial charge in [0.05, 0.1) is 0 Å². The molecule has 0 spiro atoms. The third-order valence-electron chi connectivity index (χ3n) is 3.28. The fraction of sp³-hybridized carbons (Fsp3) is 0.357. The molecule has 2 rings (SSSR count). The maximum absolute atomic E-state index is 11.9. The molecule has 2 atom stereocenters. The molecule has 21 heavy (non-hydrogen) atoms. The zero-order valence-corrected chi connectivity index (χ0v) is 11.9. The van der Waals surface area contributed by atoms with Gasteiger partial charge < -0.3 is 15.7 Å². The monoisotopic (exact) mass is 310 g/mol. The van der Waals surface area contributed by atoms with E-state index in [1.807, 2.05) is 0 Å². The molecule has 0 radical (unpaired) electrons. The highest BCUT2D eigenvalue weighted by Gasteiger charge is 2.30. The average Bonchev–Trinajstić information content (AvgIpc) is 2.87. The topological polar surface area (TPSA) is 95.5 Å². The molecular formula is C14H15ClN2O4. The molecular weight excluding hydrogens is 296 g/mol. The van der Waals surface area contributed by atoms with Crippen LogP contribution in [0.15, 0.2) is 24.3 Å². The molecule has 3 N–H and O–H groups in total. The van der Waals surface area contributed by atoms with Crippen LogP contribution >= 0.6 is 11.6 Å². The SMILES string of the molecule is O=C1CC[C@@H](C(=O)N[C@H](Cc2ccc(Cl)cc2)C(=O)O)N1. The van der Waals surface area contributed by atoms with E-state index in [9.17, 15) is 19.5 Å². The van der Waals surface area contributed by atoms with Crippen LogP contribution in [-0.2, 0) is 20.8 Å². The number of carboxylic acid groups (broad SMARTS) is 1. The molecule has 6 nitrogen and oxygen atoms in total. The summed E-state index contributed by atoms with van der Waals surface area (Å²) < 4.78 is 0. The van der Waals surface area contributed by atoms with E-state index >= 15 is 0 Å². The second-order valence-corrected chi connectivity index (χ2v) is 5.33. The standard InChI is InChI=1S/C14H15ClN2O4/c15-9-3-1-8(2-4-9)7-11(14(20)21)17-13(19)10-5-6-12(18)16-10/h1-4,10-11H,5-7H2,(H,16,18)(H,17,19)(H,20,21)/t10-,11+/m0/s1. The Morgan fingerprint density at radius 2 is 2.05 bits per heavy atom. The molecule has 0 saturated carbocycles. The van der Waals surface area contributed by atoms with E-state index in [4.69, 9.17) is 11.6 Å². The number of hydrogen-bond donors (Lipinski definition) is 3. The number of benzene rings is 1. The molecule has 7 heteroatoms. The number of carboxylic acids is 1. The maximum atomic E-state index is 11.9. The Hall–Kier alpha value is -2.08. The first-order chi connectivity index (χ1) is 9.95. The third-order valence-corrected chi connectivity index (χ3v) is 3.53. The predicted octanol–water partition coefficient (Wildman–Crippen LogP) is 0.730. The Bertz CT molecular complexity index is 559. The molecule has 1 saturated heterocycles. The van der Waals surface area contributed by atoms with Crippen LogP contribution in [0.2, 0.25) is 5.02 Å². The van der Waals surface area contributed by atoms with E-state index in [2.05, 4.69) is 10.6 Å². The van der Waals surface area contributed by atoms with Gasteiger partial charge in [-0.15, -0.1) is 0 Å². The third kappa shape index (κ3) is 4.19. The summed E-state index contributed by atoms with van der Waals surface area (Å²) in [5.41, 5.74) is 0.752. The van der Waals surface area contributed by atoms with Gasteiger partial charge in [-0.2, -0.15) is 0 Å². The fourth-order valence-corrected chi connectivity index (χ4v) is 2.27. The Kier molecular flexibility index (Phi) is 4.80. The number of rotatable bonds is 5. The van der Waals surface area contributed by atoms with Gasteiger partial charge in [0.15, 0.2) is 0 Å². The van der Waals surface area contributed by atoms with Gasteiger partial charge in [-0.3, -0.25) is 9.59 Å². The second-order valence-electron chi connectivity index (χ2n) is 4.89. The fourth-order valence-electron chi connectivity index (χ4n) is 2.14. The largest absolute Gasteiger partial charge is 0.480 e. The van der Waals surface area contributed by atoms with Gasteiger partial charge in [0, 0.05) is 17.9 Å². The number of halogens is 1. The highest BCUT2D eigenvalue weighted by Crippen LogP contribution is 2.12. The van der Waals surface area contributed by atoms with Gasteiger partial charge in [-0.25, -0.2) is 4.79 Å². The first-order valence-electron chi connectivity index (χ1n) is 6.52. The number of aliphatic carboxylic acids is 1. The van der Waals surface area contributed by atoms with E-state index in [0.29, 0.717) is 11.4 Å². The van der Waals surface area contributed by atoms with Crippen molar-refractivity contribution < 1.29 is 19.5 Å². The van der Waals surface area contributed by atoms with Crippen LogP contribution in [0, 0.1) is 0 Å². The van der Waals surface area contributed by atoms with Gasteiger partial charge in [-0.1, -0.05) is 23.7 Å². The molecule has 0 unspecified atom stereocenters. The quantitative estimate of drug-likeness (QED) is 0.747. The summed E-state index contributed by atoms with van der Waals surface area (Å²) in [5, 5.41) is 14.7. The number of carbonyl (C=O) groups excluding carboxylic acids is 2. The van der Waals surface area contributed by atoms with Gasteiger partial charge in [0.25, 0.3) is 0 Å². The van der Waals surface area contributed by atoms with Gasteiger partial charge in [0.2, 0.25) is 11.8 Å². The molecule has 1 aliphatic heterocycles. The number of amides is 2. The van der Waals surface area contributed by atoms with E-state index < -0.39 is 24.0 Å². The van der Waals surface area contributed by atoms with Crippen LogP contribution in [0.4, 0.5) is 0 Å². The van der Waals surface area contributed by atoms with E-state index in [1.165, 1.54) is 0 Å². The Morgan fingerprint density at radius 1 is 1.38 bits per heavy atom. The van der Waals surface area contributed by atoms with Gasteiger partial charge >= 0.3 is 5.97 Å². The average molecular weight is 311 g/mol. The van der Waals surface area contributed by atoms with Crippen molar-refractivity contribution in [2.45, 2.75) is 31.3 Å². The lowest BCUT2D eigenvalue weighted by Crippen LogP contribution is -2.49. The molecule has 1 fully saturated rings. The van der Waals surface area contributed by atoms with E-state index in [0.717, 1.165) is 5.56 Å². The maximum Gasteiger partial charge on any atom is 0.326 e. The lowest BCUT2D eigenvalue weighted by molar-refractivity contribution is -0.142. The Labute approximate surface area is 126 Å². The Morgan fingerprint density at radius 3 is 2.57 bits per heavy atom. The molecule has 1 heterocycles. The molecule has 0 bridgehead atoms. The van der Waals surface area contributed by atoms with Crippen LogP contribution < -0.4 is 10.6 Å². The van der Waals surface area contributed by atoms with Gasteiger partial charge in [0.1, 0.15) is 12.1 Å². The molecule has 0 aromatic heterocycles. The Balaban J connectivity index is 1.99. The summed E-state index contributed by atoms with van der Waals surface area (Å²) in [6, 6.07) is 5.05. The summed E-state index contributed by atoms with van der Waals surface area (Å²) in [6.07, 6.45) is 0.823. The zero-order chi connectivity index (χ0) is 15.4. The van der Waals surface area contributed by atoms with Gasteiger partial charge in [-0.05, 0) is 24.1 Å². The molecule has 1 aliphatic rings. The highest BCUT2D eigenvalue weighted by molar-refractivity contribution is 6.30. The van der Waals surface area contributed by atoms with E-state index in [-0.39, 0.29) is 18.7 Å². The molecule has 2 amide bonds. The van der Waals surface area contributed by atoms with Crippen LogP contribution in [-0.4, -0.2) is 35.0 Å². The van der Waals surface area contributed by atoms with Crippen molar-refractivity contribution in [2.24, 2.45) is 0 Å². The number of nitrogens with one attached hydrogen (secondary N) is 2. The van der Waals surface area contributed by atoms with Crippen LogP contribution in [0.3, 0.4) is 0 Å². The lowest BCUT2D eigenvalue weighted by Gasteiger charge is -2.17. The van der Waals surface area contributed by atoms with Crippen molar-refractivity contribution >= 4 is 29.4 Å². The minimum absolute atomic E-state index is 0.152. The van der Waals surface area contributed by atoms with Crippen molar-refractivity contribution in [2.75, 3.05) is 0 Å². The summed E-state index contributed by atoms with van der Waals surface area (Å²) in [6.45, 7) is 0. The first kappa shape index (κ1) is 15.3. The second kappa shape index (κ2) is 6.58. The molecule has 1 aromatic carbocycles. The molecule has 0 aliphatic carbocycles. The summed E-state index contributed by atoms with van der Waals surface area (Å²) in [5.74, 6) is -1.79. The molecule has 1 aromatic rings. The van der Waals surface area contributed by atoms with Crippen molar-refractivity contribution in [3.63, 3.8) is 0 Å². The van der Waals surface area contributed by atoms with Crippen LogP contribution in [0.1, 0.15) is 18.4 Å². The number of hydrogen-bond acceptors (Lipinski definition) is 3. The first-order valence-corrected chi connectivity index (χ1v) is 6.90. The zero-order valence-electron chi connectivity index (χ0n) is 11.1. The summed E-state index contributed by atoms with van der Waals surface area (Å²) >= 11 is 5.77. The van der Waals surface area contributed by atoms with Crippen molar-refractivity contribution in [1.82, 2.24) is 10.6 Å². The van der Waals surface area contributed by atoms with Crippen molar-refractivity contribution in [3.8, 4) is 0 Å². The van der Waals surface area contributed by atoms with Crippen LogP contribution in [0.25, 0.3) is 0 Å². The normalized spacial score (nSPS) is 18.9. The lowest BCUT2D eigenvalue weighted by atomic mass is 10.1. The molecule has 112 valence electrons. The van der Waals surface area contributed by atoms with E-state index in [1.54, 1.807) is 24.3 Å². The highest BCUT2D eigenvalue weighted by atomic mass is 35.5. The summed E-state index contributed by atoms with van der Waals surface area (Å²) in [7, 11) is 0.